The largest absolute Gasteiger partial charge is 0.398 e. The van der Waals surface area contributed by atoms with Crippen LogP contribution < -0.4 is 16.8 Å². The Morgan fingerprint density at radius 1 is 1.32 bits per heavy atom. The zero-order valence-corrected chi connectivity index (χ0v) is 12.1. The van der Waals surface area contributed by atoms with Crippen LogP contribution in [0.5, 0.6) is 0 Å². The normalized spacial score (nSPS) is 12.3. The highest BCUT2D eigenvalue weighted by Gasteiger charge is 2.12. The molecule has 0 saturated carbocycles. The predicted molar refractivity (Wildman–Crippen MR) is 87.5 cm³/mol. The van der Waals surface area contributed by atoms with Gasteiger partial charge in [-0.25, -0.2) is 4.98 Å². The van der Waals surface area contributed by atoms with Gasteiger partial charge in [0.25, 0.3) is 5.91 Å². The predicted octanol–water partition coefficient (Wildman–Crippen LogP) is 2.42. The first-order chi connectivity index (χ1) is 10.6. The van der Waals surface area contributed by atoms with Gasteiger partial charge < -0.3 is 21.8 Å². The number of anilines is 2. The minimum absolute atomic E-state index is 0.170. The molecule has 0 aliphatic heterocycles. The lowest BCUT2D eigenvalue weighted by Crippen LogP contribution is -2.14. The van der Waals surface area contributed by atoms with Crippen LogP contribution in [-0.2, 0) is 0 Å². The van der Waals surface area contributed by atoms with E-state index < -0.39 is 0 Å². The van der Waals surface area contributed by atoms with E-state index in [1.807, 2.05) is 13.0 Å². The van der Waals surface area contributed by atoms with Gasteiger partial charge >= 0.3 is 0 Å². The molecular formula is C16H17N5O. The van der Waals surface area contributed by atoms with Gasteiger partial charge in [0.1, 0.15) is 5.65 Å². The van der Waals surface area contributed by atoms with Gasteiger partial charge in [-0.15, -0.1) is 0 Å². The van der Waals surface area contributed by atoms with Crippen molar-refractivity contribution in [3.63, 3.8) is 0 Å². The van der Waals surface area contributed by atoms with E-state index in [4.69, 9.17) is 11.5 Å². The standard InChI is InChI=1S/C16H17N5O/c1-9(17)11-3-2-10(8-13(11)18)16(22)21-14-5-7-20-15-12(14)4-6-19-15/h2-9H,17-18H2,1H3,(H2,19,20,21,22). The molecule has 6 N–H and O–H groups in total. The van der Waals surface area contributed by atoms with Gasteiger partial charge in [-0.3, -0.25) is 4.79 Å². The Morgan fingerprint density at radius 2 is 2.14 bits per heavy atom. The van der Waals surface area contributed by atoms with Gasteiger partial charge in [-0.05, 0) is 36.8 Å². The van der Waals surface area contributed by atoms with Crippen LogP contribution in [0.15, 0.2) is 42.7 Å². The number of H-pyrrole nitrogens is 1. The summed E-state index contributed by atoms with van der Waals surface area (Å²) in [5, 5.41) is 3.73. The smallest absolute Gasteiger partial charge is 0.255 e. The number of aromatic amines is 1. The Balaban J connectivity index is 1.89. The number of carbonyl (C=O) groups is 1. The number of fused-ring (bicyclic) bond motifs is 1. The van der Waals surface area contributed by atoms with Crippen LogP contribution in [0.4, 0.5) is 11.4 Å². The summed E-state index contributed by atoms with van der Waals surface area (Å²) in [6, 6.07) is 8.60. The van der Waals surface area contributed by atoms with Crippen LogP contribution in [0.25, 0.3) is 11.0 Å². The van der Waals surface area contributed by atoms with Crippen molar-refractivity contribution in [2.75, 3.05) is 11.1 Å². The molecule has 1 atom stereocenters. The van der Waals surface area contributed by atoms with E-state index in [2.05, 4.69) is 15.3 Å². The number of nitrogen functional groups attached to an aromatic ring is 1. The minimum atomic E-state index is -0.225. The maximum atomic E-state index is 12.4. The third-order valence-corrected chi connectivity index (χ3v) is 3.55. The van der Waals surface area contributed by atoms with Crippen molar-refractivity contribution in [2.24, 2.45) is 5.73 Å². The van der Waals surface area contributed by atoms with Crippen molar-refractivity contribution in [1.82, 2.24) is 9.97 Å². The zero-order chi connectivity index (χ0) is 15.7. The van der Waals surface area contributed by atoms with E-state index in [0.717, 1.165) is 16.6 Å². The molecule has 1 unspecified atom stereocenters. The first-order valence-electron chi connectivity index (χ1n) is 6.94. The number of hydrogen-bond acceptors (Lipinski definition) is 4. The van der Waals surface area contributed by atoms with Crippen molar-refractivity contribution in [2.45, 2.75) is 13.0 Å². The van der Waals surface area contributed by atoms with E-state index in [-0.39, 0.29) is 11.9 Å². The fraction of sp³-hybridized carbons (Fsp3) is 0.125. The summed E-state index contributed by atoms with van der Waals surface area (Å²) in [7, 11) is 0. The number of hydrogen-bond donors (Lipinski definition) is 4. The molecular weight excluding hydrogens is 278 g/mol. The number of pyridine rings is 1. The molecule has 0 fully saturated rings. The second kappa shape index (κ2) is 5.50. The molecule has 1 aromatic carbocycles. The summed E-state index contributed by atoms with van der Waals surface area (Å²) >= 11 is 0. The fourth-order valence-corrected chi connectivity index (χ4v) is 2.40. The van der Waals surface area contributed by atoms with E-state index in [9.17, 15) is 4.79 Å². The number of benzene rings is 1. The van der Waals surface area contributed by atoms with Crippen molar-refractivity contribution >= 4 is 28.3 Å². The average molecular weight is 295 g/mol. The molecule has 2 aromatic heterocycles. The van der Waals surface area contributed by atoms with E-state index >= 15 is 0 Å². The van der Waals surface area contributed by atoms with Crippen LogP contribution in [-0.4, -0.2) is 15.9 Å². The molecule has 0 aliphatic rings. The molecule has 112 valence electrons. The summed E-state index contributed by atoms with van der Waals surface area (Å²) < 4.78 is 0. The van der Waals surface area contributed by atoms with Crippen LogP contribution in [0, 0.1) is 0 Å². The van der Waals surface area contributed by atoms with Crippen molar-refractivity contribution in [3.8, 4) is 0 Å². The molecule has 1 amide bonds. The molecule has 6 heteroatoms. The summed E-state index contributed by atoms with van der Waals surface area (Å²) in [6.45, 7) is 1.85. The Kier molecular flexibility index (Phi) is 3.52. The first-order valence-corrected chi connectivity index (χ1v) is 6.94. The van der Waals surface area contributed by atoms with Gasteiger partial charge in [-0.1, -0.05) is 6.07 Å². The molecule has 3 aromatic rings. The number of carbonyl (C=O) groups excluding carboxylic acids is 1. The van der Waals surface area contributed by atoms with E-state index in [0.29, 0.717) is 16.9 Å². The Hall–Kier alpha value is -2.86. The summed E-state index contributed by atoms with van der Waals surface area (Å²) in [4.78, 5) is 19.6. The summed E-state index contributed by atoms with van der Waals surface area (Å²) in [5.74, 6) is -0.225. The molecule has 22 heavy (non-hydrogen) atoms. The summed E-state index contributed by atoms with van der Waals surface area (Å²) in [5.41, 5.74) is 15.0. The van der Waals surface area contributed by atoms with Gasteiger partial charge in [0, 0.05) is 35.1 Å². The zero-order valence-electron chi connectivity index (χ0n) is 12.1. The van der Waals surface area contributed by atoms with Gasteiger partial charge in [0.2, 0.25) is 0 Å². The van der Waals surface area contributed by atoms with E-state index in [1.165, 1.54) is 0 Å². The number of aromatic nitrogens is 2. The molecule has 0 bridgehead atoms. The monoisotopic (exact) mass is 295 g/mol. The molecule has 0 aliphatic carbocycles. The number of amides is 1. The quantitative estimate of drug-likeness (QED) is 0.556. The van der Waals surface area contributed by atoms with Gasteiger partial charge in [-0.2, -0.15) is 0 Å². The topological polar surface area (TPSA) is 110 Å². The minimum Gasteiger partial charge on any atom is -0.398 e. The molecule has 3 rings (SSSR count). The van der Waals surface area contributed by atoms with E-state index in [1.54, 1.807) is 36.7 Å². The Bertz CT molecular complexity index is 837. The Morgan fingerprint density at radius 3 is 2.86 bits per heavy atom. The van der Waals surface area contributed by atoms with Gasteiger partial charge in [0.15, 0.2) is 0 Å². The molecule has 0 radical (unpaired) electrons. The molecule has 2 heterocycles. The summed E-state index contributed by atoms with van der Waals surface area (Å²) in [6.07, 6.45) is 3.42. The van der Waals surface area contributed by atoms with Crippen LogP contribution >= 0.6 is 0 Å². The second-order valence-corrected chi connectivity index (χ2v) is 5.18. The fourth-order valence-electron chi connectivity index (χ4n) is 2.40. The first kappa shape index (κ1) is 14.1. The average Bonchev–Trinajstić information content (AvgIpc) is 2.96. The number of nitrogens with one attached hydrogen (secondary N) is 2. The Labute approximate surface area is 127 Å². The number of nitrogens with two attached hydrogens (primary N) is 2. The lowest BCUT2D eigenvalue weighted by molar-refractivity contribution is 0.102. The maximum Gasteiger partial charge on any atom is 0.255 e. The molecule has 0 saturated heterocycles. The lowest BCUT2D eigenvalue weighted by Gasteiger charge is -2.11. The second-order valence-electron chi connectivity index (χ2n) is 5.18. The highest BCUT2D eigenvalue weighted by molar-refractivity contribution is 6.08. The number of rotatable bonds is 3. The van der Waals surface area contributed by atoms with Crippen molar-refractivity contribution < 1.29 is 4.79 Å². The lowest BCUT2D eigenvalue weighted by atomic mass is 10.0. The highest BCUT2D eigenvalue weighted by Crippen LogP contribution is 2.23. The van der Waals surface area contributed by atoms with Crippen LogP contribution in [0.2, 0.25) is 0 Å². The van der Waals surface area contributed by atoms with Crippen molar-refractivity contribution in [1.29, 1.82) is 0 Å². The van der Waals surface area contributed by atoms with Crippen LogP contribution in [0.1, 0.15) is 28.9 Å². The third kappa shape index (κ3) is 2.51. The molecule has 6 nitrogen and oxygen atoms in total. The maximum absolute atomic E-state index is 12.4. The van der Waals surface area contributed by atoms with Crippen LogP contribution in [0.3, 0.4) is 0 Å². The number of nitrogens with zero attached hydrogens (tertiary/aromatic N) is 1. The van der Waals surface area contributed by atoms with Gasteiger partial charge in [0.05, 0.1) is 5.69 Å². The third-order valence-electron chi connectivity index (χ3n) is 3.55. The molecule has 0 spiro atoms. The SMILES string of the molecule is CC(N)c1ccc(C(=O)Nc2ccnc3[nH]ccc23)cc1N. The highest BCUT2D eigenvalue weighted by atomic mass is 16.1. The van der Waals surface area contributed by atoms with Crippen molar-refractivity contribution in [3.05, 3.63) is 53.9 Å².